The molecule has 6 rings (SSSR count). The smallest absolute Gasteiger partial charge is 0.343 e. The van der Waals surface area contributed by atoms with Crippen molar-refractivity contribution in [2.75, 3.05) is 18.0 Å². The number of hydrogen-bond acceptors (Lipinski definition) is 6. The predicted octanol–water partition coefficient (Wildman–Crippen LogP) is 3.03. The number of amides is 1. The first-order valence-corrected chi connectivity index (χ1v) is 11.8. The van der Waals surface area contributed by atoms with Gasteiger partial charge in [-0.05, 0) is 24.0 Å². The summed E-state index contributed by atoms with van der Waals surface area (Å²) in [6.07, 6.45) is 2.98. The zero-order valence-corrected chi connectivity index (χ0v) is 19.2. The number of nitrogens with zero attached hydrogens (tertiary/aromatic N) is 6. The summed E-state index contributed by atoms with van der Waals surface area (Å²) in [7, 11) is 0. The molecule has 35 heavy (non-hydrogen) atoms. The van der Waals surface area contributed by atoms with Crippen LogP contribution < -0.4 is 10.6 Å². The minimum absolute atomic E-state index is 0.0125. The molecule has 0 spiro atoms. The average Bonchev–Trinajstić information content (AvgIpc) is 3.53. The fraction of sp³-hybridized carbons (Fsp3) is 0.269. The molecule has 0 saturated carbocycles. The number of rotatable bonds is 4. The van der Waals surface area contributed by atoms with Gasteiger partial charge < -0.3 is 9.80 Å². The van der Waals surface area contributed by atoms with E-state index in [9.17, 15) is 9.59 Å². The Morgan fingerprint density at radius 1 is 0.914 bits per heavy atom. The Bertz CT molecular complexity index is 1400. The van der Waals surface area contributed by atoms with E-state index in [4.69, 9.17) is 0 Å². The first kappa shape index (κ1) is 21.3. The lowest BCUT2D eigenvalue weighted by molar-refractivity contribution is 0.0745. The fourth-order valence-electron chi connectivity index (χ4n) is 4.93. The van der Waals surface area contributed by atoms with Crippen molar-refractivity contribution in [3.8, 4) is 11.4 Å². The zero-order valence-electron chi connectivity index (χ0n) is 19.2. The molecule has 1 fully saturated rings. The van der Waals surface area contributed by atoms with Crippen molar-refractivity contribution in [1.82, 2.24) is 29.6 Å². The standard InChI is InChI=1S/C26H25N7O2/c34-25(32-15-19-8-4-5-9-20(19)16-32)22-14-23(28-17-27-22)31-12-10-21(11-13-31)33-26(35)29-24(30-33)18-6-2-1-3-7-18/h1-9,14,17,21H,10-13,15-16H2,(H,29,30,35). The number of nitrogens with one attached hydrogen (secondary N) is 1. The third kappa shape index (κ3) is 4.09. The maximum Gasteiger partial charge on any atom is 0.343 e. The third-order valence-electron chi connectivity index (χ3n) is 6.82. The summed E-state index contributed by atoms with van der Waals surface area (Å²) in [4.78, 5) is 41.2. The number of anilines is 1. The van der Waals surface area contributed by atoms with Gasteiger partial charge in [0, 0.05) is 37.8 Å². The summed E-state index contributed by atoms with van der Waals surface area (Å²) >= 11 is 0. The molecule has 1 saturated heterocycles. The van der Waals surface area contributed by atoms with E-state index < -0.39 is 0 Å². The van der Waals surface area contributed by atoms with Crippen LogP contribution in [0.3, 0.4) is 0 Å². The number of aromatic amines is 1. The first-order chi connectivity index (χ1) is 17.2. The minimum Gasteiger partial charge on any atom is -0.356 e. The highest BCUT2D eigenvalue weighted by atomic mass is 16.2. The molecule has 4 heterocycles. The van der Waals surface area contributed by atoms with Gasteiger partial charge in [0.2, 0.25) is 0 Å². The van der Waals surface area contributed by atoms with E-state index in [0.717, 1.165) is 24.2 Å². The highest BCUT2D eigenvalue weighted by molar-refractivity contribution is 5.93. The van der Waals surface area contributed by atoms with E-state index in [-0.39, 0.29) is 17.6 Å². The Hall–Kier alpha value is -4.27. The lowest BCUT2D eigenvalue weighted by atomic mass is 10.1. The van der Waals surface area contributed by atoms with E-state index in [1.165, 1.54) is 17.5 Å². The summed E-state index contributed by atoms with van der Waals surface area (Å²) in [5, 5.41) is 4.55. The van der Waals surface area contributed by atoms with Crippen LogP contribution in [0.1, 0.15) is 40.5 Å². The Morgan fingerprint density at radius 3 is 2.31 bits per heavy atom. The van der Waals surface area contributed by atoms with Gasteiger partial charge in [-0.2, -0.15) is 0 Å². The molecule has 0 radical (unpaired) electrons. The Morgan fingerprint density at radius 2 is 1.60 bits per heavy atom. The van der Waals surface area contributed by atoms with Crippen molar-refractivity contribution < 1.29 is 4.79 Å². The quantitative estimate of drug-likeness (QED) is 0.495. The SMILES string of the molecule is O=C(c1cc(N2CCC(n3nc(-c4ccccc4)[nH]c3=O)CC2)ncn1)N1Cc2ccccc2C1. The highest BCUT2D eigenvalue weighted by Gasteiger charge is 2.27. The van der Waals surface area contributed by atoms with Crippen LogP contribution in [-0.4, -0.2) is 48.6 Å². The number of carbonyl (C=O) groups is 1. The van der Waals surface area contributed by atoms with Gasteiger partial charge in [0.1, 0.15) is 17.8 Å². The van der Waals surface area contributed by atoms with Crippen LogP contribution in [0.25, 0.3) is 11.4 Å². The number of benzene rings is 2. The van der Waals surface area contributed by atoms with E-state index in [1.807, 2.05) is 47.4 Å². The van der Waals surface area contributed by atoms with Gasteiger partial charge in [-0.3, -0.25) is 9.78 Å². The number of hydrogen-bond donors (Lipinski definition) is 1. The van der Waals surface area contributed by atoms with E-state index >= 15 is 0 Å². The molecule has 9 heteroatoms. The van der Waals surface area contributed by atoms with E-state index in [0.29, 0.717) is 37.7 Å². The Labute approximate surface area is 202 Å². The second-order valence-electron chi connectivity index (χ2n) is 9.00. The molecule has 1 N–H and O–H groups in total. The number of carbonyl (C=O) groups excluding carboxylic acids is 1. The second-order valence-corrected chi connectivity index (χ2v) is 9.00. The maximum atomic E-state index is 13.1. The summed E-state index contributed by atoms with van der Waals surface area (Å²) in [6, 6.07) is 19.6. The molecule has 0 unspecified atom stereocenters. The normalized spacial score (nSPS) is 15.9. The molecular formula is C26H25N7O2. The van der Waals surface area contributed by atoms with Gasteiger partial charge in [-0.25, -0.2) is 19.4 Å². The fourth-order valence-corrected chi connectivity index (χ4v) is 4.93. The van der Waals surface area contributed by atoms with Crippen molar-refractivity contribution in [3.63, 3.8) is 0 Å². The monoisotopic (exact) mass is 467 g/mol. The topological polar surface area (TPSA) is 100 Å². The lowest BCUT2D eigenvalue weighted by Crippen LogP contribution is -2.38. The number of H-pyrrole nitrogens is 1. The van der Waals surface area contributed by atoms with Gasteiger partial charge in [-0.1, -0.05) is 54.6 Å². The van der Waals surface area contributed by atoms with Crippen molar-refractivity contribution in [2.45, 2.75) is 32.0 Å². The molecule has 0 bridgehead atoms. The van der Waals surface area contributed by atoms with Crippen molar-refractivity contribution in [2.24, 2.45) is 0 Å². The van der Waals surface area contributed by atoms with Crippen molar-refractivity contribution in [3.05, 3.63) is 94.3 Å². The number of fused-ring (bicyclic) bond motifs is 1. The molecule has 176 valence electrons. The predicted molar refractivity (Wildman–Crippen MR) is 131 cm³/mol. The van der Waals surface area contributed by atoms with Gasteiger partial charge in [-0.15, -0.1) is 5.10 Å². The minimum atomic E-state index is -0.191. The molecule has 2 aromatic heterocycles. The molecule has 0 aliphatic carbocycles. The molecule has 0 atom stereocenters. The van der Waals surface area contributed by atoms with Crippen molar-refractivity contribution >= 4 is 11.7 Å². The third-order valence-corrected chi connectivity index (χ3v) is 6.82. The Kier molecular flexibility index (Phi) is 5.36. The van der Waals surface area contributed by atoms with Gasteiger partial charge in [0.15, 0.2) is 5.82 Å². The summed E-state index contributed by atoms with van der Waals surface area (Å²) in [5.74, 6) is 1.23. The van der Waals surface area contributed by atoms with Crippen LogP contribution in [0.5, 0.6) is 0 Å². The number of aromatic nitrogens is 5. The van der Waals surface area contributed by atoms with Crippen molar-refractivity contribution in [1.29, 1.82) is 0 Å². The molecule has 4 aromatic rings. The van der Waals surface area contributed by atoms with Crippen LogP contribution in [0.15, 0.2) is 71.8 Å². The van der Waals surface area contributed by atoms with Gasteiger partial charge >= 0.3 is 5.69 Å². The van der Waals surface area contributed by atoms with Crippen LogP contribution in [0.4, 0.5) is 5.82 Å². The molecule has 9 nitrogen and oxygen atoms in total. The van der Waals surface area contributed by atoms with Crippen LogP contribution >= 0.6 is 0 Å². The largest absolute Gasteiger partial charge is 0.356 e. The molecule has 1 amide bonds. The average molecular weight is 468 g/mol. The zero-order chi connectivity index (χ0) is 23.8. The first-order valence-electron chi connectivity index (χ1n) is 11.8. The lowest BCUT2D eigenvalue weighted by Gasteiger charge is -2.32. The maximum absolute atomic E-state index is 13.1. The van der Waals surface area contributed by atoms with Crippen LogP contribution in [-0.2, 0) is 13.1 Å². The molecule has 2 aliphatic heterocycles. The number of piperidine rings is 1. The summed E-state index contributed by atoms with van der Waals surface area (Å²) in [6.45, 7) is 2.63. The van der Waals surface area contributed by atoms with Gasteiger partial charge in [0.25, 0.3) is 5.91 Å². The molecule has 2 aromatic carbocycles. The van der Waals surface area contributed by atoms with Gasteiger partial charge in [0.05, 0.1) is 6.04 Å². The van der Waals surface area contributed by atoms with E-state index in [2.05, 4.69) is 37.1 Å². The highest BCUT2D eigenvalue weighted by Crippen LogP contribution is 2.27. The van der Waals surface area contributed by atoms with Crippen LogP contribution in [0.2, 0.25) is 0 Å². The van der Waals surface area contributed by atoms with E-state index in [1.54, 1.807) is 10.7 Å². The molecule has 2 aliphatic rings. The molecular weight excluding hydrogens is 442 g/mol. The second kappa shape index (κ2) is 8.83. The summed E-state index contributed by atoms with van der Waals surface area (Å²) < 4.78 is 1.57. The Balaban J connectivity index is 1.13. The summed E-state index contributed by atoms with van der Waals surface area (Å²) in [5.41, 5.74) is 3.47. The van der Waals surface area contributed by atoms with Crippen LogP contribution in [0, 0.1) is 0 Å².